The van der Waals surface area contributed by atoms with Crippen molar-refractivity contribution in [3.63, 3.8) is 0 Å². The van der Waals surface area contributed by atoms with Crippen LogP contribution in [0, 0.1) is 0 Å². The molecule has 162 valence electrons. The number of fused-ring (bicyclic) bond motifs is 12. The van der Waals surface area contributed by atoms with Crippen molar-refractivity contribution in [2.45, 2.75) is 21.4 Å². The SMILES string of the molecule is Br[C@@]12c3ccccc3[C@H]1[C@@]1(c3ccccc3)O[C@@]2(c2ccccc2)c2cc3ccccc3cc21. The first-order valence-electron chi connectivity index (χ1n) is 11.8. The van der Waals surface area contributed by atoms with Gasteiger partial charge < -0.3 is 4.74 Å². The molecule has 2 heteroatoms. The van der Waals surface area contributed by atoms with Gasteiger partial charge in [0, 0.05) is 5.92 Å². The second kappa shape index (κ2) is 6.27. The molecular formula is C32H21BrO. The van der Waals surface area contributed by atoms with Gasteiger partial charge in [-0.2, -0.15) is 0 Å². The maximum absolute atomic E-state index is 7.59. The molecular weight excluding hydrogens is 480 g/mol. The molecule has 0 N–H and O–H groups in total. The number of halogens is 1. The monoisotopic (exact) mass is 500 g/mol. The van der Waals surface area contributed by atoms with Crippen molar-refractivity contribution in [1.29, 1.82) is 0 Å². The van der Waals surface area contributed by atoms with Gasteiger partial charge in [0.15, 0.2) is 0 Å². The maximum Gasteiger partial charge on any atom is 0.140 e. The molecule has 0 amide bonds. The molecule has 0 spiro atoms. The van der Waals surface area contributed by atoms with E-state index in [4.69, 9.17) is 4.74 Å². The van der Waals surface area contributed by atoms with Crippen molar-refractivity contribution in [2.24, 2.45) is 0 Å². The summed E-state index contributed by atoms with van der Waals surface area (Å²) in [4.78, 5) is 0. The third-order valence-electron chi connectivity index (χ3n) is 8.34. The summed E-state index contributed by atoms with van der Waals surface area (Å²) in [5.74, 6) is 0.160. The highest BCUT2D eigenvalue weighted by Gasteiger charge is 2.82. The molecule has 2 bridgehead atoms. The van der Waals surface area contributed by atoms with Gasteiger partial charge in [0.05, 0.1) is 4.32 Å². The first-order chi connectivity index (χ1) is 16.7. The number of benzene rings is 5. The molecule has 1 saturated heterocycles. The van der Waals surface area contributed by atoms with Crippen LogP contribution in [0.15, 0.2) is 121 Å². The molecule has 0 radical (unpaired) electrons. The second-order valence-corrected chi connectivity index (χ2v) is 11.0. The summed E-state index contributed by atoms with van der Waals surface area (Å²) >= 11 is 4.39. The first-order valence-corrected chi connectivity index (χ1v) is 12.6. The van der Waals surface area contributed by atoms with Gasteiger partial charge in [-0.15, -0.1) is 0 Å². The summed E-state index contributed by atoms with van der Waals surface area (Å²) in [6, 6.07) is 43.9. The van der Waals surface area contributed by atoms with E-state index in [1.54, 1.807) is 0 Å². The Labute approximate surface area is 207 Å². The predicted octanol–water partition coefficient (Wildman–Crippen LogP) is 7.76. The van der Waals surface area contributed by atoms with Crippen LogP contribution in [0.3, 0.4) is 0 Å². The van der Waals surface area contributed by atoms with Gasteiger partial charge in [0.1, 0.15) is 11.2 Å². The Kier molecular flexibility index (Phi) is 3.53. The number of alkyl halides is 1. The molecule has 2 heterocycles. The normalized spacial score (nSPS) is 29.9. The topological polar surface area (TPSA) is 9.23 Å². The summed E-state index contributed by atoms with van der Waals surface area (Å²) in [6.45, 7) is 0. The van der Waals surface area contributed by atoms with Crippen molar-refractivity contribution in [3.05, 3.63) is 155 Å². The van der Waals surface area contributed by atoms with Gasteiger partial charge in [-0.05, 0) is 56.3 Å². The van der Waals surface area contributed by atoms with Crippen LogP contribution in [0.25, 0.3) is 10.8 Å². The van der Waals surface area contributed by atoms with E-state index < -0.39 is 11.2 Å². The lowest BCUT2D eigenvalue weighted by molar-refractivity contribution is -0.0471. The van der Waals surface area contributed by atoms with Crippen molar-refractivity contribution >= 4 is 26.7 Å². The lowest BCUT2D eigenvalue weighted by Gasteiger charge is -2.55. The highest BCUT2D eigenvalue weighted by Crippen LogP contribution is 2.83. The Bertz CT molecular complexity index is 1610. The van der Waals surface area contributed by atoms with Crippen LogP contribution >= 0.6 is 15.9 Å². The van der Waals surface area contributed by atoms with E-state index in [1.165, 1.54) is 44.2 Å². The van der Waals surface area contributed by atoms with Crippen LogP contribution in [-0.2, 0) is 20.3 Å². The molecule has 1 aliphatic carbocycles. The van der Waals surface area contributed by atoms with Crippen LogP contribution in [0.2, 0.25) is 0 Å². The lowest BCUT2D eigenvalue weighted by atomic mass is 9.49. The van der Waals surface area contributed by atoms with E-state index in [1.807, 2.05) is 0 Å². The fourth-order valence-corrected chi connectivity index (χ4v) is 8.56. The molecule has 5 aromatic rings. The van der Waals surface area contributed by atoms with Crippen molar-refractivity contribution < 1.29 is 4.74 Å². The molecule has 34 heavy (non-hydrogen) atoms. The molecule has 1 nitrogen and oxygen atoms in total. The molecule has 0 aromatic heterocycles. The van der Waals surface area contributed by atoms with Gasteiger partial charge in [-0.1, -0.05) is 125 Å². The average molecular weight is 501 g/mol. The molecule has 8 rings (SSSR count). The average Bonchev–Trinajstić information content (AvgIpc) is 3.31. The van der Waals surface area contributed by atoms with Crippen molar-refractivity contribution in [1.82, 2.24) is 0 Å². The van der Waals surface area contributed by atoms with E-state index in [0.717, 1.165) is 0 Å². The molecule has 1 fully saturated rings. The highest BCUT2D eigenvalue weighted by atomic mass is 79.9. The predicted molar refractivity (Wildman–Crippen MR) is 139 cm³/mol. The summed E-state index contributed by atoms with van der Waals surface area (Å²) in [7, 11) is 0. The summed E-state index contributed by atoms with van der Waals surface area (Å²) in [5.41, 5.74) is 6.46. The molecule has 0 saturated carbocycles. The fraction of sp³-hybridized carbons (Fsp3) is 0.125. The van der Waals surface area contributed by atoms with E-state index in [0.29, 0.717) is 0 Å². The van der Waals surface area contributed by atoms with Gasteiger partial charge in [0.2, 0.25) is 0 Å². The van der Waals surface area contributed by atoms with Gasteiger partial charge in [0.25, 0.3) is 0 Å². The minimum atomic E-state index is -0.636. The van der Waals surface area contributed by atoms with Crippen molar-refractivity contribution in [3.8, 4) is 0 Å². The third-order valence-corrected chi connectivity index (χ3v) is 9.79. The van der Waals surface area contributed by atoms with Gasteiger partial charge in [-0.25, -0.2) is 0 Å². The summed E-state index contributed by atoms with van der Waals surface area (Å²) < 4.78 is 7.23. The number of rotatable bonds is 2. The van der Waals surface area contributed by atoms with Gasteiger partial charge in [-0.3, -0.25) is 0 Å². The molecule has 0 unspecified atom stereocenters. The molecule has 4 atom stereocenters. The zero-order valence-electron chi connectivity index (χ0n) is 18.4. The second-order valence-electron chi connectivity index (χ2n) is 9.73. The van der Waals surface area contributed by atoms with E-state index >= 15 is 0 Å². The zero-order valence-corrected chi connectivity index (χ0v) is 20.0. The van der Waals surface area contributed by atoms with E-state index in [9.17, 15) is 0 Å². The number of hydrogen-bond donors (Lipinski definition) is 0. The quantitative estimate of drug-likeness (QED) is 0.225. The fourth-order valence-electron chi connectivity index (χ4n) is 7.10. The Morgan fingerprint density at radius 1 is 0.559 bits per heavy atom. The Hall–Kier alpha value is -3.20. The minimum Gasteiger partial charge on any atom is -0.347 e. The van der Waals surface area contributed by atoms with E-state index in [-0.39, 0.29) is 10.2 Å². The number of ether oxygens (including phenoxy) is 1. The van der Waals surface area contributed by atoms with Crippen LogP contribution in [0.5, 0.6) is 0 Å². The maximum atomic E-state index is 7.59. The van der Waals surface area contributed by atoms with Crippen molar-refractivity contribution in [2.75, 3.05) is 0 Å². The highest BCUT2D eigenvalue weighted by molar-refractivity contribution is 9.09. The van der Waals surface area contributed by atoms with Crippen LogP contribution in [0.1, 0.15) is 39.3 Å². The van der Waals surface area contributed by atoms with Crippen LogP contribution in [0.4, 0.5) is 0 Å². The molecule has 5 aromatic carbocycles. The van der Waals surface area contributed by atoms with E-state index in [2.05, 4.69) is 137 Å². The minimum absolute atomic E-state index is 0.160. The first kappa shape index (κ1) is 19.1. The summed E-state index contributed by atoms with van der Waals surface area (Å²) in [5, 5.41) is 2.50. The molecule has 2 aliphatic heterocycles. The Balaban J connectivity index is 1.58. The van der Waals surface area contributed by atoms with Gasteiger partial charge >= 0.3 is 0 Å². The Morgan fingerprint density at radius 2 is 1.12 bits per heavy atom. The Morgan fingerprint density at radius 3 is 1.82 bits per heavy atom. The lowest BCUT2D eigenvalue weighted by Crippen LogP contribution is -2.54. The largest absolute Gasteiger partial charge is 0.347 e. The van der Waals surface area contributed by atoms with Crippen LogP contribution < -0.4 is 0 Å². The third kappa shape index (κ3) is 1.92. The van der Waals surface area contributed by atoms with Crippen LogP contribution in [-0.4, -0.2) is 0 Å². The summed E-state index contributed by atoms with van der Waals surface area (Å²) in [6.07, 6.45) is 0. The standard InChI is InChI=1S/C32H21BrO/c33-31-26-18-10-9-17-25(26)29(31)30(23-13-3-1-4-14-23)27-19-21-11-7-8-12-22(21)20-28(27)32(31,34-30)24-15-5-2-6-16-24/h1-20,29H/t29-,30-,31-,32-/m0/s1. The molecule has 3 aliphatic rings. The smallest absolute Gasteiger partial charge is 0.140 e. The zero-order chi connectivity index (χ0) is 22.5. The number of hydrogen-bond acceptors (Lipinski definition) is 1.